The molecule has 0 saturated heterocycles. The predicted octanol–water partition coefficient (Wildman–Crippen LogP) is 0.473. The summed E-state index contributed by atoms with van der Waals surface area (Å²) in [5.74, 6) is -0.819. The summed E-state index contributed by atoms with van der Waals surface area (Å²) >= 11 is 0. The van der Waals surface area contributed by atoms with Crippen LogP contribution < -0.4 is 5.69 Å². The van der Waals surface area contributed by atoms with Crippen molar-refractivity contribution in [3.8, 4) is 0 Å². The Balaban J connectivity index is 2.51. The van der Waals surface area contributed by atoms with Crippen molar-refractivity contribution in [3.05, 3.63) is 16.8 Å². The highest BCUT2D eigenvalue weighted by atomic mass is 16.4. The van der Waals surface area contributed by atoms with Gasteiger partial charge in [-0.15, -0.1) is 0 Å². The maximum Gasteiger partial charge on any atom is 0.345 e. The van der Waals surface area contributed by atoms with E-state index in [4.69, 9.17) is 5.11 Å². The van der Waals surface area contributed by atoms with E-state index >= 15 is 0 Å². The molecule has 0 fully saturated rings. The monoisotopic (exact) mass is 227 g/mol. The number of hydrogen-bond acceptors (Lipinski definition) is 3. The highest BCUT2D eigenvalue weighted by molar-refractivity contribution is 5.73. The van der Waals surface area contributed by atoms with Crippen LogP contribution in [-0.4, -0.2) is 25.4 Å². The molecule has 1 aromatic heterocycles. The minimum atomic E-state index is -0.819. The number of carboxylic acids is 1. The summed E-state index contributed by atoms with van der Waals surface area (Å²) in [4.78, 5) is 22.3. The number of hydrogen-bond donors (Lipinski definition) is 1. The number of carboxylic acid groups (broad SMARTS) is 1. The van der Waals surface area contributed by atoms with Gasteiger partial charge in [0.25, 0.3) is 0 Å². The van der Waals surface area contributed by atoms with Gasteiger partial charge in [0.1, 0.15) is 6.33 Å². The van der Waals surface area contributed by atoms with Crippen molar-refractivity contribution in [2.24, 2.45) is 12.5 Å². The van der Waals surface area contributed by atoms with Gasteiger partial charge in [0, 0.05) is 13.6 Å². The van der Waals surface area contributed by atoms with Crippen molar-refractivity contribution in [1.82, 2.24) is 14.3 Å². The third-order valence-electron chi connectivity index (χ3n) is 2.64. The van der Waals surface area contributed by atoms with E-state index in [-0.39, 0.29) is 5.69 Å². The normalized spacial score (nSPS) is 11.7. The minimum absolute atomic E-state index is 0.173. The molecule has 0 radical (unpaired) electrons. The first-order chi connectivity index (χ1) is 7.34. The van der Waals surface area contributed by atoms with Gasteiger partial charge in [-0.3, -0.25) is 9.36 Å². The van der Waals surface area contributed by atoms with Crippen LogP contribution in [0.2, 0.25) is 0 Å². The largest absolute Gasteiger partial charge is 0.481 e. The Morgan fingerprint density at radius 1 is 1.56 bits per heavy atom. The van der Waals surface area contributed by atoms with Crippen molar-refractivity contribution in [3.63, 3.8) is 0 Å². The molecule has 90 valence electrons. The highest BCUT2D eigenvalue weighted by Crippen LogP contribution is 2.22. The molecule has 1 aromatic rings. The Morgan fingerprint density at radius 3 is 2.62 bits per heavy atom. The number of aromatic nitrogens is 3. The lowest BCUT2D eigenvalue weighted by atomic mass is 9.88. The molecule has 1 rings (SSSR count). The third-order valence-corrected chi connectivity index (χ3v) is 2.64. The van der Waals surface area contributed by atoms with Crippen molar-refractivity contribution in [2.75, 3.05) is 0 Å². The molecule has 0 spiro atoms. The molecule has 6 heteroatoms. The molecule has 1 N–H and O–H groups in total. The van der Waals surface area contributed by atoms with Crippen LogP contribution in [0.5, 0.6) is 0 Å². The molecule has 0 aliphatic carbocycles. The molecule has 0 atom stereocenters. The smallest absolute Gasteiger partial charge is 0.345 e. The van der Waals surface area contributed by atoms with Gasteiger partial charge in [0.15, 0.2) is 0 Å². The Kier molecular flexibility index (Phi) is 3.51. The minimum Gasteiger partial charge on any atom is -0.481 e. The number of nitrogens with zero attached hydrogens (tertiary/aromatic N) is 3. The predicted molar refractivity (Wildman–Crippen MR) is 58.1 cm³/mol. The first-order valence-corrected chi connectivity index (χ1v) is 5.16. The van der Waals surface area contributed by atoms with E-state index in [9.17, 15) is 9.59 Å². The standard InChI is InChI=1S/C10H17N3O3/c1-10(2,8(14)15)5-4-6-13-9(16)12(3)7-11-13/h7H,4-6H2,1-3H3,(H,14,15). The zero-order chi connectivity index (χ0) is 12.3. The molecular weight excluding hydrogens is 210 g/mol. The fourth-order valence-electron chi connectivity index (χ4n) is 1.35. The summed E-state index contributed by atoms with van der Waals surface area (Å²) in [5.41, 5.74) is -0.925. The van der Waals surface area contributed by atoms with E-state index in [1.54, 1.807) is 20.9 Å². The Bertz CT molecular complexity index is 431. The van der Waals surface area contributed by atoms with Gasteiger partial charge in [0.2, 0.25) is 0 Å². The highest BCUT2D eigenvalue weighted by Gasteiger charge is 2.26. The van der Waals surface area contributed by atoms with Crippen LogP contribution in [0.1, 0.15) is 26.7 Å². The second kappa shape index (κ2) is 4.51. The average molecular weight is 227 g/mol. The molecule has 16 heavy (non-hydrogen) atoms. The molecule has 0 amide bonds. The second-order valence-electron chi connectivity index (χ2n) is 4.54. The maximum absolute atomic E-state index is 11.4. The quantitative estimate of drug-likeness (QED) is 0.793. The first-order valence-electron chi connectivity index (χ1n) is 5.16. The molecule has 0 saturated carbocycles. The molecule has 0 aliphatic heterocycles. The first kappa shape index (κ1) is 12.5. The van der Waals surface area contributed by atoms with Gasteiger partial charge in [-0.05, 0) is 26.7 Å². The molecule has 6 nitrogen and oxygen atoms in total. The van der Waals surface area contributed by atoms with E-state index in [1.807, 2.05) is 0 Å². The number of rotatable bonds is 5. The van der Waals surface area contributed by atoms with Crippen LogP contribution in [0.3, 0.4) is 0 Å². The van der Waals surface area contributed by atoms with Crippen LogP contribution in [0.15, 0.2) is 11.1 Å². The van der Waals surface area contributed by atoms with Crippen molar-refractivity contribution in [2.45, 2.75) is 33.2 Å². The van der Waals surface area contributed by atoms with Gasteiger partial charge in [-0.1, -0.05) is 0 Å². The lowest BCUT2D eigenvalue weighted by molar-refractivity contribution is -0.147. The summed E-state index contributed by atoms with van der Waals surface area (Å²) in [6, 6.07) is 0. The summed E-state index contributed by atoms with van der Waals surface area (Å²) in [6.07, 6.45) is 2.59. The van der Waals surface area contributed by atoms with Crippen LogP contribution >= 0.6 is 0 Å². The molecule has 0 aromatic carbocycles. The summed E-state index contributed by atoms with van der Waals surface area (Å²) in [5, 5.41) is 12.8. The molecule has 0 aliphatic rings. The Labute approximate surface area is 93.5 Å². The van der Waals surface area contributed by atoms with Crippen LogP contribution in [-0.2, 0) is 18.4 Å². The van der Waals surface area contributed by atoms with Gasteiger partial charge < -0.3 is 5.11 Å². The lowest BCUT2D eigenvalue weighted by Crippen LogP contribution is -2.26. The summed E-state index contributed by atoms with van der Waals surface area (Å²) < 4.78 is 2.74. The average Bonchev–Trinajstić information content (AvgIpc) is 2.49. The van der Waals surface area contributed by atoms with E-state index in [2.05, 4.69) is 5.10 Å². The fourth-order valence-corrected chi connectivity index (χ4v) is 1.35. The second-order valence-corrected chi connectivity index (χ2v) is 4.54. The maximum atomic E-state index is 11.4. The van der Waals surface area contributed by atoms with Crippen molar-refractivity contribution < 1.29 is 9.90 Å². The van der Waals surface area contributed by atoms with Gasteiger partial charge in [-0.25, -0.2) is 9.48 Å². The fraction of sp³-hybridized carbons (Fsp3) is 0.700. The number of carbonyl (C=O) groups is 1. The molecular formula is C10H17N3O3. The van der Waals surface area contributed by atoms with Crippen LogP contribution in [0.4, 0.5) is 0 Å². The van der Waals surface area contributed by atoms with E-state index in [0.29, 0.717) is 19.4 Å². The molecule has 1 heterocycles. The molecule has 0 unspecified atom stereocenters. The third kappa shape index (κ3) is 2.71. The topological polar surface area (TPSA) is 77.1 Å². The lowest BCUT2D eigenvalue weighted by Gasteiger charge is -2.18. The van der Waals surface area contributed by atoms with Crippen molar-refractivity contribution >= 4 is 5.97 Å². The van der Waals surface area contributed by atoms with Gasteiger partial charge >= 0.3 is 11.7 Å². The van der Waals surface area contributed by atoms with Crippen molar-refractivity contribution in [1.29, 1.82) is 0 Å². The Hall–Kier alpha value is -1.59. The van der Waals surface area contributed by atoms with E-state index in [0.717, 1.165) is 0 Å². The van der Waals surface area contributed by atoms with Gasteiger partial charge in [0.05, 0.1) is 5.41 Å². The SMILES string of the molecule is Cn1cnn(CCCC(C)(C)C(=O)O)c1=O. The molecule has 0 bridgehead atoms. The summed E-state index contributed by atoms with van der Waals surface area (Å²) in [7, 11) is 1.63. The van der Waals surface area contributed by atoms with Crippen LogP contribution in [0.25, 0.3) is 0 Å². The zero-order valence-electron chi connectivity index (χ0n) is 9.80. The van der Waals surface area contributed by atoms with Crippen LogP contribution in [0, 0.1) is 5.41 Å². The van der Waals surface area contributed by atoms with Gasteiger partial charge in [-0.2, -0.15) is 5.10 Å². The zero-order valence-corrected chi connectivity index (χ0v) is 9.80. The number of aliphatic carboxylic acids is 1. The van der Waals surface area contributed by atoms with E-state index in [1.165, 1.54) is 15.6 Å². The summed E-state index contributed by atoms with van der Waals surface area (Å²) in [6.45, 7) is 3.81. The number of aryl methyl sites for hydroxylation is 2. The van der Waals surface area contributed by atoms with E-state index < -0.39 is 11.4 Å². The Morgan fingerprint density at radius 2 is 2.19 bits per heavy atom.